The molecule has 1 aliphatic heterocycles. The number of hydrogen-bond donors (Lipinski definition) is 0. The molecule has 0 bridgehead atoms. The minimum Gasteiger partial charge on any atom is -0.490 e. The van der Waals surface area contributed by atoms with Crippen LogP contribution in [0.2, 0.25) is 0 Å². The van der Waals surface area contributed by atoms with Gasteiger partial charge in [-0.3, -0.25) is 0 Å². The summed E-state index contributed by atoms with van der Waals surface area (Å²) in [6.07, 6.45) is 7.74. The molecule has 2 nitrogen and oxygen atoms in total. The molecule has 1 fully saturated rings. The van der Waals surface area contributed by atoms with Crippen molar-refractivity contribution >= 4 is 0 Å². The second-order valence-corrected chi connectivity index (χ2v) is 9.39. The Balaban J connectivity index is 1.50. The van der Waals surface area contributed by atoms with E-state index in [1.54, 1.807) is 30.3 Å². The van der Waals surface area contributed by atoms with E-state index in [0.29, 0.717) is 36.7 Å². The Kier molecular flexibility index (Phi) is 9.04. The Morgan fingerprint density at radius 3 is 2.05 bits per heavy atom. The van der Waals surface area contributed by atoms with Gasteiger partial charge in [0.1, 0.15) is 0 Å². The van der Waals surface area contributed by atoms with E-state index in [-0.39, 0.29) is 22.4 Å². The zero-order chi connectivity index (χ0) is 26.4. The summed E-state index contributed by atoms with van der Waals surface area (Å²) >= 11 is 0. The second kappa shape index (κ2) is 12.4. The van der Waals surface area contributed by atoms with Crippen LogP contribution in [-0.4, -0.2) is 13.2 Å². The van der Waals surface area contributed by atoms with E-state index in [0.717, 1.165) is 25.7 Å². The first-order valence-electron chi connectivity index (χ1n) is 12.9. The van der Waals surface area contributed by atoms with Crippen LogP contribution >= 0.6 is 0 Å². The van der Waals surface area contributed by atoms with Crippen molar-refractivity contribution in [2.75, 3.05) is 13.2 Å². The van der Waals surface area contributed by atoms with Gasteiger partial charge in [-0.15, -0.1) is 0 Å². The molecule has 1 saturated heterocycles. The van der Waals surface area contributed by atoms with Gasteiger partial charge in [-0.25, -0.2) is 13.2 Å². The average Bonchev–Trinajstić information content (AvgIpc) is 2.91. The number of rotatable bonds is 9. The lowest BCUT2D eigenvalue weighted by atomic mass is 9.92. The van der Waals surface area contributed by atoms with Crippen LogP contribution in [0.15, 0.2) is 60.7 Å². The maximum absolute atomic E-state index is 15.1. The third-order valence-electron chi connectivity index (χ3n) is 6.79. The topological polar surface area (TPSA) is 18.5 Å². The quantitative estimate of drug-likeness (QED) is 0.162. The first kappa shape index (κ1) is 26.9. The maximum Gasteiger partial charge on any atom is 0.201 e. The SMILES string of the molecule is C/C=C/C1CCC(c2ccc(-c3ccc(-c4ccc(OCCCCC)c(F)c4F)cc3)c(F)c2F)OC1. The molecule has 2 unspecified atom stereocenters. The van der Waals surface area contributed by atoms with E-state index in [2.05, 4.69) is 6.08 Å². The van der Waals surface area contributed by atoms with Crippen molar-refractivity contribution in [1.29, 1.82) is 0 Å². The average molecular weight is 513 g/mol. The molecule has 0 radical (unpaired) electrons. The van der Waals surface area contributed by atoms with Gasteiger partial charge in [0.2, 0.25) is 5.82 Å². The van der Waals surface area contributed by atoms with Gasteiger partial charge in [0.25, 0.3) is 0 Å². The summed E-state index contributed by atoms with van der Waals surface area (Å²) in [6.45, 7) is 4.79. The number of ether oxygens (including phenoxy) is 2. The molecular weight excluding hydrogens is 480 g/mol. The molecule has 4 rings (SSSR count). The van der Waals surface area contributed by atoms with Crippen molar-refractivity contribution in [1.82, 2.24) is 0 Å². The smallest absolute Gasteiger partial charge is 0.201 e. The van der Waals surface area contributed by atoms with E-state index >= 15 is 8.78 Å². The lowest BCUT2D eigenvalue weighted by Gasteiger charge is -2.28. The van der Waals surface area contributed by atoms with E-state index < -0.39 is 29.4 Å². The van der Waals surface area contributed by atoms with E-state index in [4.69, 9.17) is 9.47 Å². The standard InChI is InChI=1S/C31H32F4O2/c1-3-5-6-18-36-27-17-15-24(29(33)31(27)35)22-11-9-21(10-12-22)23-13-14-25(30(34)28(23)32)26-16-8-20(7-4-2)19-37-26/h4,7,9-15,17,20,26H,3,5-6,8,16,18-19H2,1-2H3/b7-4+. The van der Waals surface area contributed by atoms with Gasteiger partial charge in [0.15, 0.2) is 23.2 Å². The van der Waals surface area contributed by atoms with Crippen LogP contribution in [0, 0.1) is 29.2 Å². The van der Waals surface area contributed by atoms with E-state index in [1.807, 2.05) is 19.9 Å². The monoisotopic (exact) mass is 512 g/mol. The molecule has 1 heterocycles. The molecule has 1 aliphatic rings. The van der Waals surface area contributed by atoms with Crippen molar-refractivity contribution < 1.29 is 27.0 Å². The van der Waals surface area contributed by atoms with Gasteiger partial charge in [-0.2, -0.15) is 4.39 Å². The zero-order valence-electron chi connectivity index (χ0n) is 21.2. The van der Waals surface area contributed by atoms with Crippen LogP contribution in [0.25, 0.3) is 22.3 Å². The Morgan fingerprint density at radius 1 is 0.811 bits per heavy atom. The highest BCUT2D eigenvalue weighted by Crippen LogP contribution is 2.37. The minimum atomic E-state index is -1.04. The molecule has 0 saturated carbocycles. The fraction of sp³-hybridized carbons (Fsp3) is 0.355. The van der Waals surface area contributed by atoms with Crippen molar-refractivity contribution in [3.63, 3.8) is 0 Å². The largest absolute Gasteiger partial charge is 0.490 e. The first-order chi connectivity index (χ1) is 17.9. The van der Waals surface area contributed by atoms with Gasteiger partial charge >= 0.3 is 0 Å². The summed E-state index contributed by atoms with van der Waals surface area (Å²) in [5, 5.41) is 0. The second-order valence-electron chi connectivity index (χ2n) is 9.39. The third-order valence-corrected chi connectivity index (χ3v) is 6.79. The predicted molar refractivity (Wildman–Crippen MR) is 138 cm³/mol. The molecule has 0 aliphatic carbocycles. The summed E-state index contributed by atoms with van der Waals surface area (Å²) in [7, 11) is 0. The third kappa shape index (κ3) is 6.07. The van der Waals surface area contributed by atoms with Crippen LogP contribution in [0.3, 0.4) is 0 Å². The van der Waals surface area contributed by atoms with E-state index in [9.17, 15) is 8.78 Å². The Bertz CT molecular complexity index is 1230. The fourth-order valence-corrected chi connectivity index (χ4v) is 4.71. The lowest BCUT2D eigenvalue weighted by molar-refractivity contribution is -0.00743. The highest BCUT2D eigenvalue weighted by molar-refractivity contribution is 5.71. The summed E-state index contributed by atoms with van der Waals surface area (Å²) in [5.74, 6) is -3.74. The predicted octanol–water partition coefficient (Wildman–Crippen LogP) is 9.19. The number of allylic oxidation sites excluding steroid dienone is 1. The molecule has 0 amide bonds. The van der Waals surface area contributed by atoms with Crippen molar-refractivity contribution in [3.8, 4) is 28.0 Å². The van der Waals surface area contributed by atoms with Gasteiger partial charge in [-0.1, -0.05) is 68.3 Å². The Morgan fingerprint density at radius 2 is 1.46 bits per heavy atom. The highest BCUT2D eigenvalue weighted by Gasteiger charge is 2.26. The number of benzene rings is 3. The van der Waals surface area contributed by atoms with Crippen LogP contribution < -0.4 is 4.74 Å². The Labute approximate surface area is 215 Å². The highest BCUT2D eigenvalue weighted by atomic mass is 19.2. The molecule has 3 aromatic carbocycles. The number of halogens is 4. The van der Waals surface area contributed by atoms with Gasteiger partial charge in [0, 0.05) is 22.6 Å². The molecule has 37 heavy (non-hydrogen) atoms. The van der Waals surface area contributed by atoms with Crippen molar-refractivity contribution in [2.45, 2.75) is 52.1 Å². The molecule has 196 valence electrons. The molecule has 0 N–H and O–H groups in total. The molecular formula is C31H32F4O2. The van der Waals surface area contributed by atoms with Gasteiger partial charge < -0.3 is 9.47 Å². The molecule has 2 atom stereocenters. The fourth-order valence-electron chi connectivity index (χ4n) is 4.71. The maximum atomic E-state index is 15.1. The molecule has 6 heteroatoms. The van der Waals surface area contributed by atoms with Crippen molar-refractivity contribution in [2.24, 2.45) is 5.92 Å². The van der Waals surface area contributed by atoms with Gasteiger partial charge in [0.05, 0.1) is 19.3 Å². The lowest BCUT2D eigenvalue weighted by Crippen LogP contribution is -2.20. The summed E-state index contributed by atoms with van der Waals surface area (Å²) in [6, 6.07) is 12.2. The number of hydrogen-bond acceptors (Lipinski definition) is 2. The molecule has 0 aromatic heterocycles. The normalized spacial score (nSPS) is 17.9. The summed E-state index contributed by atoms with van der Waals surface area (Å²) in [5.41, 5.74) is 1.23. The van der Waals surface area contributed by atoms with Crippen molar-refractivity contribution in [3.05, 3.63) is 89.5 Å². The summed E-state index contributed by atoms with van der Waals surface area (Å²) in [4.78, 5) is 0. The molecule has 0 spiro atoms. The Hall–Kier alpha value is -3.12. The van der Waals surface area contributed by atoms with Crippen LogP contribution in [0.1, 0.15) is 57.6 Å². The molecule has 3 aromatic rings. The minimum absolute atomic E-state index is 0.0672. The van der Waals surface area contributed by atoms with Crippen LogP contribution in [0.5, 0.6) is 5.75 Å². The summed E-state index contributed by atoms with van der Waals surface area (Å²) < 4.78 is 70.6. The zero-order valence-corrected chi connectivity index (χ0v) is 21.2. The van der Waals surface area contributed by atoms with Gasteiger partial charge in [-0.05, 0) is 49.4 Å². The first-order valence-corrected chi connectivity index (χ1v) is 12.9. The van der Waals surface area contributed by atoms with E-state index in [1.165, 1.54) is 18.2 Å². The number of unbranched alkanes of at least 4 members (excludes halogenated alkanes) is 2. The van der Waals surface area contributed by atoms with Crippen LogP contribution in [0.4, 0.5) is 17.6 Å². The van der Waals surface area contributed by atoms with Crippen LogP contribution in [-0.2, 0) is 4.74 Å².